The Morgan fingerprint density at radius 1 is 0.971 bits per heavy atom. The average Bonchev–Trinajstić information content (AvgIpc) is 2.82. The topological polar surface area (TPSA) is 81.2 Å². The minimum Gasteiger partial charge on any atom is -0.494 e. The molecule has 0 radical (unpaired) electrons. The maximum Gasteiger partial charge on any atom is 0.339 e. The summed E-state index contributed by atoms with van der Waals surface area (Å²) in [6.07, 6.45) is 1.52. The minimum atomic E-state index is -0.468. The highest BCUT2D eigenvalue weighted by molar-refractivity contribution is 9.10. The molecule has 0 saturated carbocycles. The number of carbonyl (C=O) groups is 1. The van der Waals surface area contributed by atoms with Crippen molar-refractivity contribution in [2.75, 3.05) is 18.5 Å². The maximum absolute atomic E-state index is 12.1. The smallest absolute Gasteiger partial charge is 0.339 e. The molecule has 34 heavy (non-hydrogen) atoms. The number of nitrogens with zero attached hydrogens (tertiary/aromatic N) is 1. The molecule has 2 amide bonds. The van der Waals surface area contributed by atoms with Crippen LogP contribution in [0, 0.1) is 0 Å². The number of nitrogens with one attached hydrogen (secondary N) is 2. The summed E-state index contributed by atoms with van der Waals surface area (Å²) in [5, 5.41) is 7.41. The molecule has 7 nitrogen and oxygen atoms in total. The Labute approximate surface area is 212 Å². The van der Waals surface area contributed by atoms with Gasteiger partial charge in [-0.2, -0.15) is 5.10 Å². The third kappa shape index (κ3) is 7.67. The van der Waals surface area contributed by atoms with E-state index in [1.54, 1.807) is 30.3 Å². The Bertz CT molecular complexity index is 1120. The maximum atomic E-state index is 12.1. The largest absolute Gasteiger partial charge is 0.494 e. The average molecular weight is 547 g/mol. The number of carbonyl (C=O) groups excluding carboxylic acids is 1. The first-order valence-corrected chi connectivity index (χ1v) is 11.8. The first-order valence-electron chi connectivity index (χ1n) is 10.6. The molecule has 2 N–H and O–H groups in total. The third-order valence-electron chi connectivity index (χ3n) is 4.46. The second-order valence-corrected chi connectivity index (χ2v) is 8.24. The summed E-state index contributed by atoms with van der Waals surface area (Å²) in [7, 11) is 0. The summed E-state index contributed by atoms with van der Waals surface area (Å²) in [6.45, 7) is 5.22. The number of hydrogen-bond acceptors (Lipinski definition) is 5. The summed E-state index contributed by atoms with van der Waals surface area (Å²) in [5.74, 6) is 1.89. The number of hydrazone groups is 1. The van der Waals surface area contributed by atoms with Crippen molar-refractivity contribution in [1.82, 2.24) is 5.43 Å². The van der Waals surface area contributed by atoms with Gasteiger partial charge in [0.05, 0.1) is 19.4 Å². The molecule has 178 valence electrons. The van der Waals surface area contributed by atoms with Crippen LogP contribution in [0.1, 0.15) is 25.0 Å². The fourth-order valence-corrected chi connectivity index (χ4v) is 3.44. The van der Waals surface area contributed by atoms with E-state index in [0.29, 0.717) is 47.6 Å². The number of ether oxygens (including phenoxy) is 3. The lowest BCUT2D eigenvalue weighted by molar-refractivity contribution is 0.252. The quantitative estimate of drug-likeness (QED) is 0.221. The van der Waals surface area contributed by atoms with Crippen LogP contribution in [0.15, 0.2) is 70.2 Å². The van der Waals surface area contributed by atoms with Crippen LogP contribution in [0.2, 0.25) is 5.02 Å². The zero-order valence-electron chi connectivity index (χ0n) is 18.8. The molecule has 9 heteroatoms. The first-order chi connectivity index (χ1) is 16.5. The van der Waals surface area contributed by atoms with Gasteiger partial charge in [0.2, 0.25) is 0 Å². The van der Waals surface area contributed by atoms with Crippen LogP contribution < -0.4 is 25.0 Å². The third-order valence-corrected chi connectivity index (χ3v) is 5.40. The normalized spacial score (nSPS) is 10.7. The molecule has 0 aliphatic carbocycles. The van der Waals surface area contributed by atoms with E-state index in [1.165, 1.54) is 6.21 Å². The van der Waals surface area contributed by atoms with Gasteiger partial charge in [-0.05, 0) is 83.9 Å². The Hall–Kier alpha value is -3.23. The van der Waals surface area contributed by atoms with Crippen LogP contribution >= 0.6 is 27.5 Å². The second kappa shape index (κ2) is 12.9. The molecular formula is C25H25BrClN3O4. The molecule has 0 spiro atoms. The number of halogens is 2. The van der Waals surface area contributed by atoms with Crippen LogP contribution in [-0.4, -0.2) is 25.5 Å². The molecule has 0 unspecified atom stereocenters. The van der Waals surface area contributed by atoms with Crippen LogP contribution in [0.5, 0.6) is 17.2 Å². The van der Waals surface area contributed by atoms with E-state index >= 15 is 0 Å². The number of benzene rings is 3. The number of rotatable bonds is 10. The summed E-state index contributed by atoms with van der Waals surface area (Å²) < 4.78 is 17.8. The zero-order chi connectivity index (χ0) is 24.3. The molecule has 0 aromatic heterocycles. The summed E-state index contributed by atoms with van der Waals surface area (Å²) >= 11 is 9.46. The van der Waals surface area contributed by atoms with Gasteiger partial charge in [0, 0.05) is 20.7 Å². The van der Waals surface area contributed by atoms with Crippen LogP contribution in [0.25, 0.3) is 0 Å². The molecular weight excluding hydrogens is 522 g/mol. The molecule has 3 aromatic rings. The van der Waals surface area contributed by atoms with E-state index in [4.69, 9.17) is 25.8 Å². The molecule has 0 aliphatic heterocycles. The molecule has 3 rings (SSSR count). The van der Waals surface area contributed by atoms with Gasteiger partial charge in [0.25, 0.3) is 0 Å². The van der Waals surface area contributed by atoms with Crippen molar-refractivity contribution in [1.29, 1.82) is 0 Å². The standard InChI is InChI=1S/C25H25BrClN3O4/c1-3-32-21-11-9-20(10-12-21)29-25(31)30-28-15-18-13-23(33-4-2)24(14-22(18)26)34-16-17-5-7-19(27)8-6-17/h5-15H,3-4,16H2,1-2H3,(H2,29,30,31)/b28-15-. The van der Waals surface area contributed by atoms with Gasteiger partial charge >= 0.3 is 6.03 Å². The van der Waals surface area contributed by atoms with Crippen molar-refractivity contribution in [3.8, 4) is 17.2 Å². The first kappa shape index (κ1) is 25.4. The van der Waals surface area contributed by atoms with Crippen LogP contribution in [0.4, 0.5) is 10.5 Å². The number of hydrogen-bond donors (Lipinski definition) is 2. The van der Waals surface area contributed by atoms with Gasteiger partial charge < -0.3 is 19.5 Å². The van der Waals surface area contributed by atoms with Crippen LogP contribution in [0.3, 0.4) is 0 Å². The Morgan fingerprint density at radius 3 is 2.32 bits per heavy atom. The van der Waals surface area contributed by atoms with E-state index < -0.39 is 6.03 Å². The van der Waals surface area contributed by atoms with E-state index in [1.807, 2.05) is 44.2 Å². The van der Waals surface area contributed by atoms with Gasteiger partial charge in [0.1, 0.15) is 12.4 Å². The van der Waals surface area contributed by atoms with Crippen molar-refractivity contribution in [2.45, 2.75) is 20.5 Å². The molecule has 0 saturated heterocycles. The molecule has 0 heterocycles. The molecule has 3 aromatic carbocycles. The van der Waals surface area contributed by atoms with E-state index in [2.05, 4.69) is 31.8 Å². The van der Waals surface area contributed by atoms with E-state index in [0.717, 1.165) is 15.8 Å². The van der Waals surface area contributed by atoms with E-state index in [-0.39, 0.29) is 0 Å². The predicted molar refractivity (Wildman–Crippen MR) is 138 cm³/mol. The van der Waals surface area contributed by atoms with Gasteiger partial charge in [0.15, 0.2) is 11.5 Å². The summed E-state index contributed by atoms with van der Waals surface area (Å²) in [4.78, 5) is 12.1. The lowest BCUT2D eigenvalue weighted by Gasteiger charge is -2.14. The van der Waals surface area contributed by atoms with Gasteiger partial charge in [-0.25, -0.2) is 10.2 Å². The Morgan fingerprint density at radius 2 is 1.65 bits per heavy atom. The van der Waals surface area contributed by atoms with E-state index in [9.17, 15) is 4.79 Å². The molecule has 0 fully saturated rings. The fraction of sp³-hybridized carbons (Fsp3) is 0.200. The van der Waals surface area contributed by atoms with Gasteiger partial charge in [-0.15, -0.1) is 0 Å². The summed E-state index contributed by atoms with van der Waals surface area (Å²) in [5.41, 5.74) is 4.77. The SMILES string of the molecule is CCOc1ccc(NC(=O)N/N=C\c2cc(OCC)c(OCc3ccc(Cl)cc3)cc2Br)cc1. The number of urea groups is 1. The van der Waals surface area contributed by atoms with Crippen molar-refractivity contribution in [3.63, 3.8) is 0 Å². The monoisotopic (exact) mass is 545 g/mol. The van der Waals surface area contributed by atoms with Gasteiger partial charge in [-0.3, -0.25) is 0 Å². The van der Waals surface area contributed by atoms with Crippen molar-refractivity contribution in [2.24, 2.45) is 5.10 Å². The van der Waals surface area contributed by atoms with Crippen LogP contribution in [-0.2, 0) is 6.61 Å². The highest BCUT2D eigenvalue weighted by atomic mass is 79.9. The van der Waals surface area contributed by atoms with Gasteiger partial charge in [-0.1, -0.05) is 23.7 Å². The predicted octanol–water partition coefficient (Wildman–Crippen LogP) is 6.63. The Kier molecular flexibility index (Phi) is 9.61. The second-order valence-electron chi connectivity index (χ2n) is 6.95. The highest BCUT2D eigenvalue weighted by Crippen LogP contribution is 2.34. The fourth-order valence-electron chi connectivity index (χ4n) is 2.89. The highest BCUT2D eigenvalue weighted by Gasteiger charge is 2.11. The molecule has 0 atom stereocenters. The van der Waals surface area contributed by atoms with Crippen molar-refractivity contribution < 1.29 is 19.0 Å². The Balaban J connectivity index is 1.62. The number of amides is 2. The number of anilines is 1. The van der Waals surface area contributed by atoms with Crippen molar-refractivity contribution in [3.05, 3.63) is 81.3 Å². The summed E-state index contributed by atoms with van der Waals surface area (Å²) in [6, 6.07) is 17.6. The lowest BCUT2D eigenvalue weighted by atomic mass is 10.2. The minimum absolute atomic E-state index is 0.365. The molecule has 0 aliphatic rings. The lowest BCUT2D eigenvalue weighted by Crippen LogP contribution is -2.24. The molecule has 0 bridgehead atoms. The zero-order valence-corrected chi connectivity index (χ0v) is 21.2. The van der Waals surface area contributed by atoms with Crippen molar-refractivity contribution >= 4 is 45.5 Å².